The second kappa shape index (κ2) is 5.79. The van der Waals surface area contributed by atoms with Gasteiger partial charge >= 0.3 is 0 Å². The molecule has 0 amide bonds. The fraction of sp³-hybridized carbons (Fsp3) is 0.0556. The highest BCUT2D eigenvalue weighted by molar-refractivity contribution is 6.23. The van der Waals surface area contributed by atoms with Crippen molar-refractivity contribution in [3.8, 4) is 5.75 Å². The van der Waals surface area contributed by atoms with Gasteiger partial charge in [-0.2, -0.15) is 5.10 Å². The van der Waals surface area contributed by atoms with Crippen molar-refractivity contribution in [1.82, 2.24) is 15.0 Å². The summed E-state index contributed by atoms with van der Waals surface area (Å²) in [7, 11) is 0. The third-order valence-corrected chi connectivity index (χ3v) is 3.98. The van der Waals surface area contributed by atoms with Gasteiger partial charge in [-0.05, 0) is 24.3 Å². The molecule has 0 atom stereocenters. The summed E-state index contributed by atoms with van der Waals surface area (Å²) < 4.78 is 0. The van der Waals surface area contributed by atoms with Gasteiger partial charge in [-0.3, -0.25) is 5.41 Å². The number of imidazole rings is 1. The van der Waals surface area contributed by atoms with Gasteiger partial charge < -0.3 is 15.2 Å². The minimum Gasteiger partial charge on any atom is -0.509 e. The van der Waals surface area contributed by atoms with E-state index in [4.69, 9.17) is 5.41 Å². The van der Waals surface area contributed by atoms with Crippen molar-refractivity contribution in [3.05, 3.63) is 65.7 Å². The lowest BCUT2D eigenvalue weighted by Gasteiger charge is -2.11. The Balaban J connectivity index is 1.62. The number of phenolic OH excluding ortho intramolecular Hbond substituents is 1. The van der Waals surface area contributed by atoms with Crippen LogP contribution < -0.4 is 0 Å². The van der Waals surface area contributed by atoms with E-state index in [1.54, 1.807) is 24.3 Å². The third-order valence-electron chi connectivity index (χ3n) is 3.98. The number of hydrazone groups is 1. The Kier molecular flexibility index (Phi) is 3.46. The van der Waals surface area contributed by atoms with E-state index >= 15 is 0 Å². The Hall–Kier alpha value is -3.61. The standard InChI is InChI=1S/C18H15N5O2/c19-17-16(18-21-12-6-2-3-7-13(12)22-18)15(25)10-23(17)20-9-11-5-1-4-8-14(11)24/h1-9,19,24-25H,10H2,(H,21,22)/b19-17?,20-9-. The topological polar surface area (TPSA) is 109 Å². The van der Waals surface area contributed by atoms with Crippen LogP contribution in [0.5, 0.6) is 5.75 Å². The summed E-state index contributed by atoms with van der Waals surface area (Å²) in [6, 6.07) is 14.3. The summed E-state index contributed by atoms with van der Waals surface area (Å²) in [6.07, 6.45) is 1.46. The molecule has 2 aromatic carbocycles. The minimum atomic E-state index is 0.0264. The number of aromatic hydroxyl groups is 1. The molecule has 4 N–H and O–H groups in total. The molecule has 3 aromatic rings. The molecule has 0 saturated carbocycles. The molecule has 0 fully saturated rings. The van der Waals surface area contributed by atoms with Crippen molar-refractivity contribution < 1.29 is 10.2 Å². The van der Waals surface area contributed by atoms with Crippen LogP contribution in [0.1, 0.15) is 11.4 Å². The van der Waals surface area contributed by atoms with Crippen LogP contribution in [0.3, 0.4) is 0 Å². The molecule has 25 heavy (non-hydrogen) atoms. The highest BCUT2D eigenvalue weighted by atomic mass is 16.3. The number of hydrogen-bond acceptors (Lipinski definition) is 5. The van der Waals surface area contributed by atoms with Crippen LogP contribution >= 0.6 is 0 Å². The van der Waals surface area contributed by atoms with Gasteiger partial charge in [-0.1, -0.05) is 24.3 Å². The number of amidine groups is 1. The second-order valence-corrected chi connectivity index (χ2v) is 5.63. The lowest BCUT2D eigenvalue weighted by molar-refractivity contribution is 0.358. The van der Waals surface area contributed by atoms with E-state index in [0.717, 1.165) is 11.0 Å². The molecule has 0 radical (unpaired) electrons. The van der Waals surface area contributed by atoms with Gasteiger partial charge in [0, 0.05) is 5.56 Å². The molecule has 0 aliphatic carbocycles. The number of rotatable bonds is 3. The number of aromatic nitrogens is 2. The molecule has 1 aliphatic heterocycles. The molecule has 0 spiro atoms. The minimum absolute atomic E-state index is 0.0264. The Morgan fingerprint density at radius 3 is 2.68 bits per heavy atom. The molecule has 0 saturated heterocycles. The molecular formula is C18H15N5O2. The van der Waals surface area contributed by atoms with Crippen LogP contribution in [0.25, 0.3) is 16.6 Å². The molecule has 1 aromatic heterocycles. The molecule has 0 bridgehead atoms. The van der Waals surface area contributed by atoms with Crippen LogP contribution in [0.4, 0.5) is 0 Å². The highest BCUT2D eigenvalue weighted by Gasteiger charge is 2.30. The molecule has 4 rings (SSSR count). The van der Waals surface area contributed by atoms with E-state index in [2.05, 4.69) is 15.1 Å². The summed E-state index contributed by atoms with van der Waals surface area (Å²) >= 11 is 0. The van der Waals surface area contributed by atoms with Crippen LogP contribution in [0.2, 0.25) is 0 Å². The smallest absolute Gasteiger partial charge is 0.156 e. The van der Waals surface area contributed by atoms with Crippen molar-refractivity contribution >= 4 is 28.7 Å². The predicted molar refractivity (Wildman–Crippen MR) is 95.8 cm³/mol. The summed E-state index contributed by atoms with van der Waals surface area (Å²) in [5, 5.41) is 33.9. The number of para-hydroxylation sites is 3. The molecular weight excluding hydrogens is 318 g/mol. The van der Waals surface area contributed by atoms with E-state index in [1.165, 1.54) is 11.2 Å². The fourth-order valence-corrected chi connectivity index (χ4v) is 2.71. The van der Waals surface area contributed by atoms with Crippen molar-refractivity contribution in [2.24, 2.45) is 5.10 Å². The second-order valence-electron chi connectivity index (χ2n) is 5.63. The maximum Gasteiger partial charge on any atom is 0.156 e. The van der Waals surface area contributed by atoms with Crippen LogP contribution in [0, 0.1) is 5.41 Å². The first-order valence-corrected chi connectivity index (χ1v) is 7.69. The van der Waals surface area contributed by atoms with Crippen LogP contribution in [-0.2, 0) is 0 Å². The SMILES string of the molecule is N=C1C(c2nc3ccccc3[nH]2)=C(O)CN1/N=C\c1ccccc1O. The molecule has 1 aliphatic rings. The summed E-state index contributed by atoms with van der Waals surface area (Å²) in [5.74, 6) is 0.609. The first-order valence-electron chi connectivity index (χ1n) is 7.69. The third kappa shape index (κ3) is 2.61. The number of hydrogen-bond donors (Lipinski definition) is 4. The number of nitrogens with zero attached hydrogens (tertiary/aromatic N) is 3. The first kappa shape index (κ1) is 14.9. The van der Waals surface area contributed by atoms with E-state index in [-0.39, 0.29) is 23.9 Å². The normalized spacial score (nSPS) is 15.0. The summed E-state index contributed by atoms with van der Waals surface area (Å²) in [4.78, 5) is 7.54. The number of aliphatic hydroxyl groups excluding tert-OH is 1. The van der Waals surface area contributed by atoms with Gasteiger partial charge in [0.15, 0.2) is 5.84 Å². The zero-order chi connectivity index (χ0) is 17.4. The Morgan fingerprint density at radius 2 is 1.88 bits per heavy atom. The number of phenols is 1. The van der Waals surface area contributed by atoms with E-state index < -0.39 is 0 Å². The quantitative estimate of drug-likeness (QED) is 0.553. The predicted octanol–water partition coefficient (Wildman–Crippen LogP) is 2.86. The van der Waals surface area contributed by atoms with Crippen molar-refractivity contribution in [2.45, 2.75) is 0 Å². The van der Waals surface area contributed by atoms with Gasteiger partial charge in [0.25, 0.3) is 0 Å². The van der Waals surface area contributed by atoms with E-state index in [1.807, 2.05) is 24.3 Å². The largest absolute Gasteiger partial charge is 0.509 e. The average molecular weight is 333 g/mol. The van der Waals surface area contributed by atoms with Crippen molar-refractivity contribution in [2.75, 3.05) is 6.54 Å². The molecule has 124 valence electrons. The number of aromatic amines is 1. The Labute approximate surface area is 143 Å². The maximum atomic E-state index is 10.3. The molecule has 7 heteroatoms. The first-order chi connectivity index (χ1) is 12.1. The zero-order valence-corrected chi connectivity index (χ0v) is 13.1. The average Bonchev–Trinajstić information content (AvgIpc) is 3.14. The number of aliphatic hydroxyl groups is 1. The Morgan fingerprint density at radius 1 is 1.12 bits per heavy atom. The number of benzene rings is 2. The fourth-order valence-electron chi connectivity index (χ4n) is 2.71. The van der Waals surface area contributed by atoms with Gasteiger partial charge in [-0.25, -0.2) is 9.99 Å². The molecule has 0 unspecified atom stereocenters. The van der Waals surface area contributed by atoms with Gasteiger partial charge in [0.1, 0.15) is 29.5 Å². The van der Waals surface area contributed by atoms with E-state index in [9.17, 15) is 10.2 Å². The molecule has 7 nitrogen and oxygen atoms in total. The van der Waals surface area contributed by atoms with E-state index in [0.29, 0.717) is 17.0 Å². The van der Waals surface area contributed by atoms with Crippen molar-refractivity contribution in [3.63, 3.8) is 0 Å². The molecule has 2 heterocycles. The maximum absolute atomic E-state index is 10.3. The van der Waals surface area contributed by atoms with Gasteiger partial charge in [-0.15, -0.1) is 0 Å². The lowest BCUT2D eigenvalue weighted by atomic mass is 10.2. The monoisotopic (exact) mass is 333 g/mol. The van der Waals surface area contributed by atoms with Gasteiger partial charge in [0.2, 0.25) is 0 Å². The van der Waals surface area contributed by atoms with Crippen molar-refractivity contribution in [1.29, 1.82) is 5.41 Å². The summed E-state index contributed by atoms with van der Waals surface area (Å²) in [6.45, 7) is 0.0787. The zero-order valence-electron chi connectivity index (χ0n) is 13.1. The lowest BCUT2D eigenvalue weighted by Crippen LogP contribution is -2.21. The van der Waals surface area contributed by atoms with Crippen LogP contribution in [0.15, 0.2) is 59.4 Å². The highest BCUT2D eigenvalue weighted by Crippen LogP contribution is 2.27. The summed E-state index contributed by atoms with van der Waals surface area (Å²) in [5.41, 5.74) is 2.46. The van der Waals surface area contributed by atoms with Crippen LogP contribution in [-0.4, -0.2) is 43.8 Å². The van der Waals surface area contributed by atoms with Gasteiger partial charge in [0.05, 0.1) is 17.2 Å². The Bertz CT molecular complexity index is 1000. The number of nitrogens with one attached hydrogen (secondary N) is 2. The number of fused-ring (bicyclic) bond motifs is 1. The number of H-pyrrole nitrogens is 1.